The Morgan fingerprint density at radius 3 is 1.81 bits per heavy atom. The van der Waals surface area contributed by atoms with Crippen LogP contribution in [-0.2, 0) is 32.5 Å². The lowest BCUT2D eigenvalue weighted by Gasteiger charge is -2.55. The molecule has 5 aromatic carbocycles. The van der Waals surface area contributed by atoms with Crippen molar-refractivity contribution in [1.82, 2.24) is 0 Å². The van der Waals surface area contributed by atoms with Crippen molar-refractivity contribution in [1.29, 1.82) is 5.26 Å². The number of furan rings is 1. The van der Waals surface area contributed by atoms with Gasteiger partial charge in [-0.3, -0.25) is 0 Å². The Hall–Kier alpha value is -5.21. The van der Waals surface area contributed by atoms with Crippen molar-refractivity contribution in [2.24, 2.45) is 0 Å². The van der Waals surface area contributed by atoms with Crippen molar-refractivity contribution in [3.63, 3.8) is 0 Å². The van der Waals surface area contributed by atoms with Gasteiger partial charge in [0.2, 0.25) is 0 Å². The SMILES string of the molecule is Cc1cc(C(C)(C)C)ccc1N1c2cc(C#N)cc3c2B(c2ccc4c5c2N3c2cc3c(cc2C5(C)CCC4(C)C)C(C)(C)CCC3(C)C)c2oc3ccc(C(C)(C)C)cc3c21. The highest BCUT2D eigenvalue weighted by Crippen LogP contribution is 2.63. The van der Waals surface area contributed by atoms with E-state index in [1.165, 1.54) is 73.2 Å². The Morgan fingerprint density at radius 2 is 1.18 bits per heavy atom. The summed E-state index contributed by atoms with van der Waals surface area (Å²) < 4.78 is 7.35. The van der Waals surface area contributed by atoms with Gasteiger partial charge in [0.15, 0.2) is 0 Å². The van der Waals surface area contributed by atoms with Gasteiger partial charge in [-0.25, -0.2) is 0 Å². The Morgan fingerprint density at radius 1 is 0.597 bits per heavy atom. The Labute approximate surface area is 370 Å². The maximum atomic E-state index is 11.1. The lowest BCUT2D eigenvalue weighted by molar-refractivity contribution is 0.327. The van der Waals surface area contributed by atoms with Crippen LogP contribution in [0.4, 0.5) is 34.1 Å². The second-order valence-corrected chi connectivity index (χ2v) is 24.0. The van der Waals surface area contributed by atoms with E-state index < -0.39 is 0 Å². The van der Waals surface area contributed by atoms with Crippen molar-refractivity contribution in [3.8, 4) is 6.07 Å². The first-order chi connectivity index (χ1) is 29.0. The van der Waals surface area contributed by atoms with E-state index in [1.807, 2.05) is 0 Å². The first-order valence-electron chi connectivity index (χ1n) is 23.2. The van der Waals surface area contributed by atoms with Crippen LogP contribution in [0.25, 0.3) is 11.0 Å². The van der Waals surface area contributed by atoms with Crippen LogP contribution < -0.4 is 26.4 Å². The van der Waals surface area contributed by atoms with Crippen molar-refractivity contribution in [3.05, 3.63) is 123 Å². The smallest absolute Gasteiger partial charge is 0.297 e. The van der Waals surface area contributed by atoms with Gasteiger partial charge < -0.3 is 14.2 Å². The number of benzene rings is 5. The summed E-state index contributed by atoms with van der Waals surface area (Å²) in [7, 11) is 0. The minimum absolute atomic E-state index is 0.00181. The molecule has 0 N–H and O–H groups in total. The van der Waals surface area contributed by atoms with Crippen LogP contribution >= 0.6 is 0 Å². The van der Waals surface area contributed by atoms with E-state index in [9.17, 15) is 5.26 Å². The van der Waals surface area contributed by atoms with Gasteiger partial charge in [-0.15, -0.1) is 0 Å². The summed E-state index contributed by atoms with van der Waals surface area (Å²) in [5.74, 6) is 0. The van der Waals surface area contributed by atoms with Crippen LogP contribution in [0.1, 0.15) is 166 Å². The molecule has 2 aliphatic carbocycles. The van der Waals surface area contributed by atoms with E-state index in [0.717, 1.165) is 58.6 Å². The average molecular weight is 816 g/mol. The van der Waals surface area contributed by atoms with Crippen LogP contribution in [0.3, 0.4) is 0 Å². The van der Waals surface area contributed by atoms with Crippen LogP contribution in [0, 0.1) is 18.3 Å². The van der Waals surface area contributed by atoms with Crippen LogP contribution in [0.5, 0.6) is 0 Å². The van der Waals surface area contributed by atoms with Gasteiger partial charge in [-0.05, 0) is 152 Å². The maximum Gasteiger partial charge on any atom is 0.297 e. The summed E-state index contributed by atoms with van der Waals surface area (Å²) in [6.45, 7) is 33.0. The fourth-order valence-corrected chi connectivity index (χ4v) is 12.4. The molecule has 0 saturated heterocycles. The van der Waals surface area contributed by atoms with Crippen molar-refractivity contribution < 1.29 is 4.42 Å². The Kier molecular flexibility index (Phi) is 7.72. The van der Waals surface area contributed by atoms with Gasteiger partial charge >= 0.3 is 0 Å². The minimum atomic E-state index is -0.188. The number of nitrogens with zero attached hydrogens (tertiary/aromatic N) is 3. The predicted molar refractivity (Wildman–Crippen MR) is 261 cm³/mol. The lowest BCUT2D eigenvalue weighted by Crippen LogP contribution is -2.62. The Balaban J connectivity index is 1.30. The zero-order chi connectivity index (χ0) is 44.0. The standard InChI is InChI=1S/C57H62BN3O/c1-32-25-34(52(2,3)4)15-19-42(32)60-44-26-33(31-59)27-45-48(44)58(51-49(60)36-28-35(53(5,6)7)16-20-46(36)62-51)41-18-17-37-47-50(41)61(45)43-30-39-38(55(10,11)21-22-56(39,12)13)29-40(43)57(47,14)24-23-54(37,8)9/h15-20,25-30H,21-24H2,1-14H3. The van der Waals surface area contributed by atoms with Gasteiger partial charge in [-0.1, -0.05) is 126 Å². The third-order valence-electron chi connectivity index (χ3n) is 16.5. The summed E-state index contributed by atoms with van der Waals surface area (Å²) in [4.78, 5) is 5.09. The fourth-order valence-electron chi connectivity index (χ4n) is 12.4. The molecule has 4 nitrogen and oxygen atoms in total. The summed E-state index contributed by atoms with van der Waals surface area (Å²) in [5.41, 5.74) is 23.0. The molecular weight excluding hydrogens is 753 g/mol. The molecule has 0 amide bonds. The number of aryl methyl sites for hydroxylation is 1. The van der Waals surface area contributed by atoms with Gasteiger partial charge in [-0.2, -0.15) is 5.26 Å². The minimum Gasteiger partial charge on any atom is -0.468 e. The number of hydrogen-bond donors (Lipinski definition) is 0. The van der Waals surface area contributed by atoms with Gasteiger partial charge in [0.05, 0.1) is 28.7 Å². The highest BCUT2D eigenvalue weighted by molar-refractivity contribution is 7.00. The first kappa shape index (κ1) is 39.6. The molecule has 4 heterocycles. The molecule has 0 fully saturated rings. The van der Waals surface area contributed by atoms with Crippen molar-refractivity contribution in [2.45, 2.75) is 155 Å². The van der Waals surface area contributed by atoms with E-state index >= 15 is 0 Å². The van der Waals surface area contributed by atoms with Crippen LogP contribution in [0.2, 0.25) is 0 Å². The van der Waals surface area contributed by atoms with E-state index in [1.54, 1.807) is 0 Å². The molecule has 5 heteroatoms. The van der Waals surface area contributed by atoms with Gasteiger partial charge in [0.1, 0.15) is 5.58 Å². The monoisotopic (exact) mass is 815 g/mol. The molecule has 0 saturated carbocycles. The predicted octanol–water partition coefficient (Wildman–Crippen LogP) is 13.3. The number of hydrogen-bond acceptors (Lipinski definition) is 4. The molecule has 11 rings (SSSR count). The summed E-state index contributed by atoms with van der Waals surface area (Å²) in [5, 5.41) is 12.2. The summed E-state index contributed by atoms with van der Waals surface area (Å²) >= 11 is 0. The average Bonchev–Trinajstić information content (AvgIpc) is 3.58. The molecule has 1 aromatic heterocycles. The largest absolute Gasteiger partial charge is 0.468 e. The van der Waals surface area contributed by atoms with Gasteiger partial charge in [0, 0.05) is 33.6 Å². The molecule has 314 valence electrons. The molecule has 5 aliphatic rings. The van der Waals surface area contributed by atoms with Crippen LogP contribution in [-0.4, -0.2) is 6.71 Å². The third-order valence-corrected chi connectivity index (χ3v) is 16.5. The quantitative estimate of drug-likeness (QED) is 0.155. The van der Waals surface area contributed by atoms with E-state index in [4.69, 9.17) is 4.42 Å². The lowest BCUT2D eigenvalue weighted by atomic mass is 9.34. The maximum absolute atomic E-state index is 11.1. The van der Waals surface area contributed by atoms with E-state index in [0.29, 0.717) is 5.56 Å². The topological polar surface area (TPSA) is 43.4 Å². The normalized spacial score (nSPS) is 20.8. The molecule has 1 unspecified atom stereocenters. The number of rotatable bonds is 1. The summed E-state index contributed by atoms with van der Waals surface area (Å²) in [6.07, 6.45) is 4.53. The van der Waals surface area contributed by atoms with Crippen molar-refractivity contribution >= 4 is 68.4 Å². The molecular formula is C57H62BN3O. The highest BCUT2D eigenvalue weighted by Gasteiger charge is 2.55. The number of anilines is 6. The molecule has 0 spiro atoms. The molecule has 3 aliphatic heterocycles. The van der Waals surface area contributed by atoms with E-state index in [-0.39, 0.29) is 39.2 Å². The molecule has 62 heavy (non-hydrogen) atoms. The summed E-state index contributed by atoms with van der Waals surface area (Å²) in [6, 6.07) is 31.0. The fraction of sp³-hybridized carbons (Fsp3) is 0.421. The van der Waals surface area contributed by atoms with E-state index in [2.05, 4.69) is 186 Å². The third kappa shape index (κ3) is 5.13. The molecule has 6 aromatic rings. The van der Waals surface area contributed by atoms with Crippen LogP contribution in [0.15, 0.2) is 77.2 Å². The zero-order valence-electron chi connectivity index (χ0n) is 39.6. The highest BCUT2D eigenvalue weighted by atomic mass is 16.3. The van der Waals surface area contributed by atoms with Gasteiger partial charge in [0.25, 0.3) is 6.71 Å². The second-order valence-electron chi connectivity index (χ2n) is 24.0. The van der Waals surface area contributed by atoms with Crippen molar-refractivity contribution in [2.75, 3.05) is 9.80 Å². The zero-order valence-corrected chi connectivity index (χ0v) is 39.6. The number of fused-ring (bicyclic) bond motifs is 10. The molecule has 0 radical (unpaired) electrons. The molecule has 0 bridgehead atoms. The number of nitriles is 1. The first-order valence-corrected chi connectivity index (χ1v) is 23.2. The second kappa shape index (κ2) is 12.1. The Bertz CT molecular complexity index is 3030. The molecule has 1 atom stereocenters.